The normalized spacial score (nSPS) is 11.7. The Labute approximate surface area is 117 Å². The Balaban J connectivity index is 2.32. The zero-order valence-electron chi connectivity index (χ0n) is 11.4. The lowest BCUT2D eigenvalue weighted by molar-refractivity contribution is 0.546. The summed E-state index contributed by atoms with van der Waals surface area (Å²) in [4.78, 5) is 0. The average Bonchev–Trinajstić information content (AvgIpc) is 2.69. The van der Waals surface area contributed by atoms with Gasteiger partial charge in [-0.05, 0) is 43.5 Å². The number of furan rings is 1. The molecule has 0 amide bonds. The van der Waals surface area contributed by atoms with Gasteiger partial charge < -0.3 is 9.73 Å². The number of nitrogens with one attached hydrogen (secondary N) is 1. The van der Waals surface area contributed by atoms with E-state index < -0.39 is 0 Å². The predicted octanol–water partition coefficient (Wildman–Crippen LogP) is 4.56. The van der Waals surface area contributed by atoms with Crippen molar-refractivity contribution in [3.8, 4) is 0 Å². The average molecular weight is 310 g/mol. The first-order chi connectivity index (χ1) is 8.50. The summed E-state index contributed by atoms with van der Waals surface area (Å²) in [6.07, 6.45) is 1.87. The van der Waals surface area contributed by atoms with Gasteiger partial charge in [0.2, 0.25) is 0 Å². The molecular formula is C15H20BrNO. The third kappa shape index (κ3) is 2.62. The van der Waals surface area contributed by atoms with Gasteiger partial charge in [0.25, 0.3) is 0 Å². The number of hydrogen-bond donors (Lipinski definition) is 1. The first-order valence-corrected chi connectivity index (χ1v) is 7.16. The van der Waals surface area contributed by atoms with Gasteiger partial charge in [-0.3, -0.25) is 0 Å². The zero-order valence-corrected chi connectivity index (χ0v) is 13.0. The Bertz CT molecular complexity index is 557. The maximum atomic E-state index is 5.66. The zero-order chi connectivity index (χ0) is 13.3. The molecule has 0 saturated heterocycles. The fraction of sp³-hybridized carbons (Fsp3) is 0.467. The third-order valence-electron chi connectivity index (χ3n) is 3.16. The molecule has 2 aromatic rings. The maximum absolute atomic E-state index is 5.66. The van der Waals surface area contributed by atoms with Crippen molar-refractivity contribution in [3.63, 3.8) is 0 Å². The Hall–Kier alpha value is -0.800. The van der Waals surface area contributed by atoms with Crippen molar-refractivity contribution in [1.82, 2.24) is 5.32 Å². The molecule has 1 N–H and O–H groups in total. The Morgan fingerprint density at radius 2 is 2.06 bits per heavy atom. The summed E-state index contributed by atoms with van der Waals surface area (Å²) < 4.78 is 6.84. The van der Waals surface area contributed by atoms with Crippen LogP contribution in [0.5, 0.6) is 0 Å². The molecule has 2 rings (SSSR count). The maximum Gasteiger partial charge on any atom is 0.134 e. The van der Waals surface area contributed by atoms with Crippen LogP contribution >= 0.6 is 15.9 Å². The van der Waals surface area contributed by atoms with Crippen molar-refractivity contribution < 1.29 is 4.42 Å². The molecule has 18 heavy (non-hydrogen) atoms. The first kappa shape index (κ1) is 13.6. The molecule has 1 aromatic carbocycles. The molecule has 3 heteroatoms. The van der Waals surface area contributed by atoms with Crippen LogP contribution in [0, 0.1) is 19.8 Å². The van der Waals surface area contributed by atoms with Crippen LogP contribution in [0.15, 0.2) is 21.2 Å². The van der Waals surface area contributed by atoms with Crippen LogP contribution in [0.3, 0.4) is 0 Å². The fourth-order valence-corrected chi connectivity index (χ4v) is 2.55. The van der Waals surface area contributed by atoms with Gasteiger partial charge in [0.15, 0.2) is 0 Å². The summed E-state index contributed by atoms with van der Waals surface area (Å²) >= 11 is 3.65. The summed E-state index contributed by atoms with van der Waals surface area (Å²) in [7, 11) is 0. The fourth-order valence-electron chi connectivity index (χ4n) is 2.23. The number of benzene rings is 1. The molecule has 0 atom stereocenters. The minimum atomic E-state index is 0.665. The Morgan fingerprint density at radius 1 is 1.33 bits per heavy atom. The second-order valence-corrected chi connectivity index (χ2v) is 6.08. The summed E-state index contributed by atoms with van der Waals surface area (Å²) in [6, 6.07) is 2.10. The van der Waals surface area contributed by atoms with Gasteiger partial charge >= 0.3 is 0 Å². The van der Waals surface area contributed by atoms with E-state index in [-0.39, 0.29) is 0 Å². The van der Waals surface area contributed by atoms with Gasteiger partial charge in [0.1, 0.15) is 5.58 Å². The van der Waals surface area contributed by atoms with Gasteiger partial charge in [-0.15, -0.1) is 0 Å². The van der Waals surface area contributed by atoms with Crippen LogP contribution in [-0.4, -0.2) is 6.54 Å². The second kappa shape index (κ2) is 5.45. The predicted molar refractivity (Wildman–Crippen MR) is 79.9 cm³/mol. The SMILES string of the molecule is Cc1cc2occ(CNCC(C)C)c2c(C)c1Br. The number of halogens is 1. The first-order valence-electron chi connectivity index (χ1n) is 6.37. The van der Waals surface area contributed by atoms with Crippen LogP contribution in [0.25, 0.3) is 11.0 Å². The van der Waals surface area contributed by atoms with Crippen LogP contribution < -0.4 is 5.32 Å². The third-order valence-corrected chi connectivity index (χ3v) is 4.38. The summed E-state index contributed by atoms with van der Waals surface area (Å²) in [6.45, 7) is 10.5. The molecule has 0 radical (unpaired) electrons. The van der Waals surface area contributed by atoms with Crippen molar-refractivity contribution in [1.29, 1.82) is 0 Å². The molecule has 0 unspecified atom stereocenters. The highest BCUT2D eigenvalue weighted by Crippen LogP contribution is 2.32. The van der Waals surface area contributed by atoms with E-state index in [4.69, 9.17) is 4.42 Å². The van der Waals surface area contributed by atoms with E-state index in [0.717, 1.165) is 18.7 Å². The lowest BCUT2D eigenvalue weighted by Crippen LogP contribution is -2.18. The van der Waals surface area contributed by atoms with Crippen LogP contribution in [-0.2, 0) is 6.54 Å². The largest absolute Gasteiger partial charge is 0.464 e. The second-order valence-electron chi connectivity index (χ2n) is 5.29. The molecule has 1 heterocycles. The monoisotopic (exact) mass is 309 g/mol. The quantitative estimate of drug-likeness (QED) is 0.895. The number of hydrogen-bond acceptors (Lipinski definition) is 2. The molecule has 2 nitrogen and oxygen atoms in total. The summed E-state index contributed by atoms with van der Waals surface area (Å²) in [5.41, 5.74) is 4.70. The highest BCUT2D eigenvalue weighted by atomic mass is 79.9. The highest BCUT2D eigenvalue weighted by Gasteiger charge is 2.12. The van der Waals surface area contributed by atoms with E-state index in [9.17, 15) is 0 Å². The smallest absolute Gasteiger partial charge is 0.134 e. The molecule has 98 valence electrons. The molecule has 0 saturated carbocycles. The molecule has 0 aliphatic heterocycles. The van der Waals surface area contributed by atoms with Crippen molar-refractivity contribution in [2.24, 2.45) is 5.92 Å². The van der Waals surface area contributed by atoms with Crippen LogP contribution in [0.1, 0.15) is 30.5 Å². The molecule has 1 aromatic heterocycles. The van der Waals surface area contributed by atoms with Gasteiger partial charge in [0.05, 0.1) is 6.26 Å². The van der Waals surface area contributed by atoms with E-state index in [2.05, 4.69) is 55.0 Å². The minimum absolute atomic E-state index is 0.665. The number of aryl methyl sites for hydroxylation is 2. The Morgan fingerprint density at radius 3 is 2.72 bits per heavy atom. The number of rotatable bonds is 4. The van der Waals surface area contributed by atoms with Crippen LogP contribution in [0.4, 0.5) is 0 Å². The van der Waals surface area contributed by atoms with Crippen LogP contribution in [0.2, 0.25) is 0 Å². The lowest BCUT2D eigenvalue weighted by atomic mass is 10.0. The van der Waals surface area contributed by atoms with E-state index in [1.165, 1.54) is 26.5 Å². The van der Waals surface area contributed by atoms with Gasteiger partial charge in [-0.25, -0.2) is 0 Å². The minimum Gasteiger partial charge on any atom is -0.464 e. The lowest BCUT2D eigenvalue weighted by Gasteiger charge is -2.08. The standard InChI is InChI=1S/C15H20BrNO/c1-9(2)6-17-7-12-8-18-13-5-10(3)15(16)11(4)14(12)13/h5,8-9,17H,6-7H2,1-4H3. The topological polar surface area (TPSA) is 25.2 Å². The van der Waals surface area contributed by atoms with Crippen molar-refractivity contribution >= 4 is 26.9 Å². The number of fused-ring (bicyclic) bond motifs is 1. The van der Waals surface area contributed by atoms with E-state index in [1.54, 1.807) is 0 Å². The highest BCUT2D eigenvalue weighted by molar-refractivity contribution is 9.10. The van der Waals surface area contributed by atoms with E-state index >= 15 is 0 Å². The van der Waals surface area contributed by atoms with Crippen molar-refractivity contribution in [2.75, 3.05) is 6.54 Å². The molecular weight excluding hydrogens is 290 g/mol. The van der Waals surface area contributed by atoms with Gasteiger partial charge in [0, 0.05) is 22.0 Å². The van der Waals surface area contributed by atoms with E-state index in [1.807, 2.05) is 6.26 Å². The summed E-state index contributed by atoms with van der Waals surface area (Å²) in [5, 5.41) is 4.70. The molecule has 0 aliphatic carbocycles. The van der Waals surface area contributed by atoms with Gasteiger partial charge in [-0.1, -0.05) is 29.8 Å². The molecule has 0 fully saturated rings. The summed E-state index contributed by atoms with van der Waals surface area (Å²) in [5.74, 6) is 0.665. The van der Waals surface area contributed by atoms with E-state index in [0.29, 0.717) is 5.92 Å². The van der Waals surface area contributed by atoms with Crippen molar-refractivity contribution in [3.05, 3.63) is 33.5 Å². The van der Waals surface area contributed by atoms with Gasteiger partial charge in [-0.2, -0.15) is 0 Å². The molecule has 0 aliphatic rings. The molecule has 0 spiro atoms. The Kier molecular flexibility index (Phi) is 4.13. The van der Waals surface area contributed by atoms with Crippen molar-refractivity contribution in [2.45, 2.75) is 34.2 Å². The molecule has 0 bridgehead atoms.